The van der Waals surface area contributed by atoms with Gasteiger partial charge < -0.3 is 54.7 Å². The van der Waals surface area contributed by atoms with E-state index in [2.05, 4.69) is 0 Å². The van der Waals surface area contributed by atoms with Gasteiger partial charge in [0, 0.05) is 29.8 Å². The molecule has 0 bridgehead atoms. The number of carbonyl (C=O) groups excluding carboxylic acids is 2. The summed E-state index contributed by atoms with van der Waals surface area (Å²) in [5, 5.41) is 71.4. The molecule has 4 unspecified atom stereocenters. The van der Waals surface area contributed by atoms with E-state index in [1.807, 2.05) is 0 Å². The molecule has 13 nitrogen and oxygen atoms in total. The number of aromatic hydroxyl groups is 6. The van der Waals surface area contributed by atoms with Crippen LogP contribution in [0.3, 0.4) is 0 Å². The van der Waals surface area contributed by atoms with E-state index in [1.165, 1.54) is 24.3 Å². The molecule has 3 aliphatic heterocycles. The van der Waals surface area contributed by atoms with Crippen LogP contribution < -0.4 is 18.9 Å². The lowest BCUT2D eigenvalue weighted by molar-refractivity contribution is -0.192. The summed E-state index contributed by atoms with van der Waals surface area (Å²) >= 11 is 0. The normalized spacial score (nSPS) is 23.3. The Morgan fingerprint density at radius 1 is 0.581 bits per heavy atom. The number of phenols is 6. The van der Waals surface area contributed by atoms with E-state index in [4.69, 9.17) is 18.9 Å². The summed E-state index contributed by atoms with van der Waals surface area (Å²) < 4.78 is 24.2. The van der Waals surface area contributed by atoms with Crippen LogP contribution in [0.2, 0.25) is 0 Å². The van der Waals surface area contributed by atoms with E-state index in [0.29, 0.717) is 0 Å². The summed E-state index contributed by atoms with van der Waals surface area (Å²) in [7, 11) is 0. The Morgan fingerprint density at radius 2 is 1.23 bits per heavy atom. The Balaban J connectivity index is 1.33. The Labute approximate surface area is 240 Å². The fourth-order valence-electron chi connectivity index (χ4n) is 5.48. The molecule has 4 atom stereocenters. The van der Waals surface area contributed by atoms with Crippen molar-refractivity contribution in [1.82, 2.24) is 0 Å². The second-order valence-electron chi connectivity index (χ2n) is 10.2. The molecule has 4 aromatic rings. The Hall–Kier alpha value is -5.82. The van der Waals surface area contributed by atoms with Crippen LogP contribution in [-0.2, 0) is 5.79 Å². The summed E-state index contributed by atoms with van der Waals surface area (Å²) in [6.45, 7) is 0. The first-order chi connectivity index (χ1) is 20.5. The highest BCUT2D eigenvalue weighted by atomic mass is 16.7. The molecule has 0 radical (unpaired) electrons. The predicted octanol–water partition coefficient (Wildman–Crippen LogP) is 2.87. The molecule has 4 aromatic carbocycles. The number of rotatable bonds is 2. The van der Waals surface area contributed by atoms with Gasteiger partial charge >= 0.3 is 5.79 Å². The maximum absolute atomic E-state index is 13.8. The molecule has 3 heterocycles. The molecular weight excluding hydrogens is 568 g/mol. The first-order valence-corrected chi connectivity index (χ1v) is 12.7. The van der Waals surface area contributed by atoms with Gasteiger partial charge in [0.15, 0.2) is 35.2 Å². The standard InChI is InChI=1S/C30H20O13/c31-13-7-17(35)23-21(9-13)40-28(27(39)25(23)37)11-1-4-19-20(5-11)41-29-26(38)24-18(36)8-14(32)10-22(24)43-30(29,42-19)12-2-3-15(33)16(34)6-12/h1-10,27-29,31-36,39H. The topological polar surface area (TPSA) is 213 Å². The van der Waals surface area contributed by atoms with Crippen molar-refractivity contribution in [1.29, 1.82) is 0 Å². The lowest BCUT2D eigenvalue weighted by Crippen LogP contribution is -2.60. The van der Waals surface area contributed by atoms with Crippen molar-refractivity contribution < 1.29 is 64.3 Å². The van der Waals surface area contributed by atoms with E-state index < -0.39 is 64.4 Å². The van der Waals surface area contributed by atoms with Crippen molar-refractivity contribution in [3.63, 3.8) is 0 Å². The zero-order valence-electron chi connectivity index (χ0n) is 21.6. The molecule has 0 amide bonds. The number of hydrogen-bond acceptors (Lipinski definition) is 13. The molecule has 0 spiro atoms. The summed E-state index contributed by atoms with van der Waals surface area (Å²) in [5.74, 6) is -7.16. The number of ketones is 2. The maximum Gasteiger partial charge on any atom is 0.323 e. The fourth-order valence-corrected chi connectivity index (χ4v) is 5.48. The van der Waals surface area contributed by atoms with Gasteiger partial charge in [-0.2, -0.15) is 0 Å². The van der Waals surface area contributed by atoms with Crippen LogP contribution in [0.1, 0.15) is 37.9 Å². The molecule has 3 aliphatic rings. The molecule has 43 heavy (non-hydrogen) atoms. The van der Waals surface area contributed by atoms with Crippen molar-refractivity contribution in [2.45, 2.75) is 24.1 Å². The quantitative estimate of drug-likeness (QED) is 0.168. The summed E-state index contributed by atoms with van der Waals surface area (Å²) in [5.41, 5.74) is -0.367. The third kappa shape index (κ3) is 3.75. The monoisotopic (exact) mass is 588 g/mol. The van der Waals surface area contributed by atoms with Gasteiger partial charge in [-0.15, -0.1) is 0 Å². The fraction of sp³-hybridized carbons (Fsp3) is 0.133. The summed E-state index contributed by atoms with van der Waals surface area (Å²) in [4.78, 5) is 26.7. The van der Waals surface area contributed by atoms with Crippen LogP contribution in [0.5, 0.6) is 57.5 Å². The van der Waals surface area contributed by atoms with Gasteiger partial charge in [0.05, 0.1) is 0 Å². The van der Waals surface area contributed by atoms with E-state index in [0.717, 1.165) is 36.4 Å². The molecular formula is C30H20O13. The Morgan fingerprint density at radius 3 is 1.93 bits per heavy atom. The van der Waals surface area contributed by atoms with E-state index in [1.54, 1.807) is 0 Å². The molecule has 0 fully saturated rings. The first-order valence-electron chi connectivity index (χ1n) is 12.7. The van der Waals surface area contributed by atoms with Crippen molar-refractivity contribution in [2.24, 2.45) is 0 Å². The average molecular weight is 588 g/mol. The van der Waals surface area contributed by atoms with Crippen LogP contribution in [-0.4, -0.2) is 59.5 Å². The number of carbonyl (C=O) groups is 2. The third-order valence-corrected chi connectivity index (χ3v) is 7.46. The van der Waals surface area contributed by atoms with Crippen LogP contribution in [0.4, 0.5) is 0 Å². The molecule has 0 aliphatic carbocycles. The van der Waals surface area contributed by atoms with Crippen LogP contribution in [0, 0.1) is 0 Å². The summed E-state index contributed by atoms with van der Waals surface area (Å²) in [6, 6.07) is 11.9. The zero-order chi connectivity index (χ0) is 30.4. The lowest BCUT2D eigenvalue weighted by atomic mass is 9.88. The van der Waals surface area contributed by atoms with E-state index in [-0.39, 0.29) is 51.0 Å². The van der Waals surface area contributed by atoms with Gasteiger partial charge in [-0.05, 0) is 35.9 Å². The minimum absolute atomic E-state index is 0.0144. The largest absolute Gasteiger partial charge is 0.508 e. The smallest absolute Gasteiger partial charge is 0.323 e. The number of fused-ring (bicyclic) bond motifs is 4. The van der Waals surface area contributed by atoms with Crippen molar-refractivity contribution in [3.05, 3.63) is 82.9 Å². The SMILES string of the molecule is O=C1c2c(O)cc(O)cc2OC(c2ccc3c(c2)OC2C(=O)c4c(O)cc(O)cc4OC2(c2ccc(O)c(O)c2)O3)C1O. The molecule has 0 saturated carbocycles. The maximum atomic E-state index is 13.8. The number of aliphatic hydroxyl groups is 1. The van der Waals surface area contributed by atoms with Gasteiger partial charge in [-0.1, -0.05) is 6.07 Å². The molecule has 0 saturated heterocycles. The number of Topliss-reactive ketones (excluding diaryl/α,β-unsaturated/α-hetero) is 2. The van der Waals surface area contributed by atoms with Gasteiger partial charge in [0.2, 0.25) is 17.7 Å². The van der Waals surface area contributed by atoms with Crippen LogP contribution >= 0.6 is 0 Å². The van der Waals surface area contributed by atoms with Crippen molar-refractivity contribution in [2.75, 3.05) is 0 Å². The second-order valence-corrected chi connectivity index (χ2v) is 10.2. The first kappa shape index (κ1) is 26.1. The molecule has 7 rings (SSSR count). The highest BCUT2D eigenvalue weighted by Crippen LogP contribution is 2.52. The van der Waals surface area contributed by atoms with Crippen LogP contribution in [0.25, 0.3) is 0 Å². The average Bonchev–Trinajstić information content (AvgIpc) is 2.94. The minimum atomic E-state index is -2.12. The van der Waals surface area contributed by atoms with Gasteiger partial charge in [0.1, 0.15) is 45.6 Å². The minimum Gasteiger partial charge on any atom is -0.508 e. The number of ether oxygens (including phenoxy) is 4. The molecule has 13 heteroatoms. The molecule has 0 aromatic heterocycles. The highest BCUT2D eigenvalue weighted by molar-refractivity contribution is 6.07. The second kappa shape index (κ2) is 8.84. The zero-order valence-corrected chi connectivity index (χ0v) is 21.6. The third-order valence-electron chi connectivity index (χ3n) is 7.46. The predicted molar refractivity (Wildman–Crippen MR) is 141 cm³/mol. The number of aliphatic hydroxyl groups excluding tert-OH is 1. The van der Waals surface area contributed by atoms with E-state index >= 15 is 0 Å². The van der Waals surface area contributed by atoms with Gasteiger partial charge in [-0.3, -0.25) is 9.59 Å². The number of phenolic OH excluding ortho intramolecular Hbond substituents is 6. The van der Waals surface area contributed by atoms with Crippen LogP contribution in [0.15, 0.2) is 60.7 Å². The highest BCUT2D eigenvalue weighted by Gasteiger charge is 2.59. The van der Waals surface area contributed by atoms with Crippen molar-refractivity contribution in [3.8, 4) is 57.5 Å². The Kier molecular flexibility index (Phi) is 5.36. The Bertz CT molecular complexity index is 1880. The molecule has 218 valence electrons. The number of hydrogen-bond donors (Lipinski definition) is 7. The van der Waals surface area contributed by atoms with Crippen molar-refractivity contribution >= 4 is 11.6 Å². The van der Waals surface area contributed by atoms with Gasteiger partial charge in [0.25, 0.3) is 0 Å². The van der Waals surface area contributed by atoms with Gasteiger partial charge in [-0.25, -0.2) is 0 Å². The number of benzene rings is 4. The van der Waals surface area contributed by atoms with E-state index in [9.17, 15) is 45.3 Å². The summed E-state index contributed by atoms with van der Waals surface area (Å²) in [6.07, 6.45) is -4.74. The lowest BCUT2D eigenvalue weighted by Gasteiger charge is -2.46. The molecule has 7 N–H and O–H groups in total.